The molecule has 42 heavy (non-hydrogen) atoms. The van der Waals surface area contributed by atoms with Crippen molar-refractivity contribution in [2.45, 2.75) is 26.3 Å². The van der Waals surface area contributed by atoms with E-state index in [2.05, 4.69) is 20.9 Å². The van der Waals surface area contributed by atoms with E-state index in [0.29, 0.717) is 40.7 Å². The first-order valence-electron chi connectivity index (χ1n) is 13.8. The first-order valence-corrected chi connectivity index (χ1v) is 13.8. The van der Waals surface area contributed by atoms with Crippen LogP contribution in [0.25, 0.3) is 10.9 Å². The largest absolute Gasteiger partial charge is 0.491 e. The van der Waals surface area contributed by atoms with Gasteiger partial charge < -0.3 is 30.2 Å². The molecule has 1 aliphatic heterocycles. The summed E-state index contributed by atoms with van der Waals surface area (Å²) in [5.74, 6) is -0.600. The Kier molecular flexibility index (Phi) is 9.13. The smallest absolute Gasteiger partial charge is 0.313 e. The minimum atomic E-state index is -0.902. The summed E-state index contributed by atoms with van der Waals surface area (Å²) in [4.78, 5) is 29.1. The number of carbonyl (C=O) groups is 2. The monoisotopic (exact) mass is 572 g/mol. The summed E-state index contributed by atoms with van der Waals surface area (Å²) in [5.41, 5.74) is 2.56. The number of nitrogens with one attached hydrogen (secondary N) is 3. The van der Waals surface area contributed by atoms with Crippen molar-refractivity contribution in [2.75, 3.05) is 32.1 Å². The number of hydrogen-bond donors (Lipinski definition) is 3. The van der Waals surface area contributed by atoms with Gasteiger partial charge in [-0.05, 0) is 74.7 Å². The van der Waals surface area contributed by atoms with Crippen molar-refractivity contribution in [3.8, 4) is 23.0 Å². The van der Waals surface area contributed by atoms with E-state index in [1.165, 1.54) is 12.1 Å². The van der Waals surface area contributed by atoms with E-state index in [4.69, 9.17) is 14.2 Å². The number of aryl methyl sites for hydroxylation is 1. The molecule has 5 rings (SSSR count). The summed E-state index contributed by atoms with van der Waals surface area (Å²) in [7, 11) is 1.55. The number of fused-ring (bicyclic) bond motifs is 1. The molecule has 0 unspecified atom stereocenters. The fourth-order valence-corrected chi connectivity index (χ4v) is 4.86. The Labute approximate surface area is 243 Å². The molecule has 1 fully saturated rings. The normalized spacial score (nSPS) is 13.4. The van der Waals surface area contributed by atoms with E-state index in [9.17, 15) is 9.59 Å². The lowest BCUT2D eigenvalue weighted by Crippen LogP contribution is -2.35. The standard InChI is InChI=1S/C32H33FN4O5/c1-20-4-3-5-22(16-20)18-36-31(38)32(39)37-23-6-8-27(25(33)17-23)42-26-12-15-35-29-24(26)7-9-28(30(29)40-2)41-19-21-10-13-34-14-11-21/h3-9,12,15-17,21,34H,10-11,13-14,18-19H2,1-2H3,(H,36,38)(H,37,39). The van der Waals surface area contributed by atoms with Gasteiger partial charge in [0, 0.05) is 29.9 Å². The Morgan fingerprint density at radius 1 is 1.00 bits per heavy atom. The third-order valence-corrected chi connectivity index (χ3v) is 7.08. The Balaban J connectivity index is 1.25. The van der Waals surface area contributed by atoms with Crippen molar-refractivity contribution in [1.82, 2.24) is 15.6 Å². The van der Waals surface area contributed by atoms with Gasteiger partial charge in [-0.1, -0.05) is 29.8 Å². The minimum Gasteiger partial charge on any atom is -0.491 e. The number of methoxy groups -OCH3 is 1. The van der Waals surface area contributed by atoms with Crippen LogP contribution in [0.5, 0.6) is 23.0 Å². The lowest BCUT2D eigenvalue weighted by Gasteiger charge is -2.23. The molecule has 3 aromatic carbocycles. The average Bonchev–Trinajstić information content (AvgIpc) is 3.00. The van der Waals surface area contributed by atoms with E-state index >= 15 is 4.39 Å². The van der Waals surface area contributed by atoms with Crippen LogP contribution in [0.2, 0.25) is 0 Å². The molecule has 0 radical (unpaired) electrons. The number of piperidine rings is 1. The van der Waals surface area contributed by atoms with Crippen LogP contribution in [0.1, 0.15) is 24.0 Å². The number of ether oxygens (including phenoxy) is 3. The van der Waals surface area contributed by atoms with Gasteiger partial charge >= 0.3 is 11.8 Å². The van der Waals surface area contributed by atoms with E-state index in [-0.39, 0.29) is 18.0 Å². The zero-order valence-electron chi connectivity index (χ0n) is 23.5. The number of amides is 2. The second kappa shape index (κ2) is 13.3. The molecule has 10 heteroatoms. The highest BCUT2D eigenvalue weighted by atomic mass is 19.1. The van der Waals surface area contributed by atoms with Crippen molar-refractivity contribution >= 4 is 28.4 Å². The molecule has 0 atom stereocenters. The first kappa shape index (κ1) is 28.8. The molecular formula is C32H33FN4O5. The summed E-state index contributed by atoms with van der Waals surface area (Å²) in [6.07, 6.45) is 3.67. The van der Waals surface area contributed by atoms with Crippen LogP contribution in [-0.2, 0) is 16.1 Å². The molecule has 0 spiro atoms. The fourth-order valence-electron chi connectivity index (χ4n) is 4.86. The molecule has 0 saturated carbocycles. The van der Waals surface area contributed by atoms with E-state index in [1.54, 1.807) is 31.5 Å². The van der Waals surface area contributed by atoms with Crippen LogP contribution in [0.3, 0.4) is 0 Å². The molecule has 0 bridgehead atoms. The molecule has 9 nitrogen and oxygen atoms in total. The molecule has 2 heterocycles. The summed E-state index contributed by atoms with van der Waals surface area (Å²) in [5, 5.41) is 8.95. The molecular weight excluding hydrogens is 539 g/mol. The zero-order chi connectivity index (χ0) is 29.5. The van der Waals surface area contributed by atoms with Crippen LogP contribution in [-0.4, -0.2) is 43.6 Å². The number of hydrogen-bond acceptors (Lipinski definition) is 7. The van der Waals surface area contributed by atoms with Crippen molar-refractivity contribution in [2.24, 2.45) is 5.92 Å². The van der Waals surface area contributed by atoms with Crippen LogP contribution < -0.4 is 30.2 Å². The Bertz CT molecular complexity index is 1590. The highest BCUT2D eigenvalue weighted by Gasteiger charge is 2.19. The van der Waals surface area contributed by atoms with Crippen LogP contribution in [0, 0.1) is 18.7 Å². The van der Waals surface area contributed by atoms with Gasteiger partial charge in [-0.2, -0.15) is 0 Å². The van der Waals surface area contributed by atoms with Crippen molar-refractivity contribution in [3.05, 3.63) is 83.8 Å². The summed E-state index contributed by atoms with van der Waals surface area (Å²) >= 11 is 0. The Morgan fingerprint density at radius 3 is 2.57 bits per heavy atom. The van der Waals surface area contributed by atoms with Crippen molar-refractivity contribution in [1.29, 1.82) is 0 Å². The Hall–Kier alpha value is -4.70. The summed E-state index contributed by atoms with van der Waals surface area (Å²) < 4.78 is 32.7. The van der Waals surface area contributed by atoms with Gasteiger partial charge in [0.1, 0.15) is 11.3 Å². The highest BCUT2D eigenvalue weighted by Crippen LogP contribution is 2.40. The van der Waals surface area contributed by atoms with Crippen LogP contribution in [0.4, 0.5) is 10.1 Å². The maximum atomic E-state index is 15.0. The van der Waals surface area contributed by atoms with Gasteiger partial charge in [-0.25, -0.2) is 4.39 Å². The molecule has 0 aliphatic carbocycles. The van der Waals surface area contributed by atoms with Gasteiger partial charge in [0.25, 0.3) is 0 Å². The number of carbonyl (C=O) groups excluding carboxylic acids is 2. The predicted molar refractivity (Wildman–Crippen MR) is 158 cm³/mol. The maximum absolute atomic E-state index is 15.0. The maximum Gasteiger partial charge on any atom is 0.313 e. The third kappa shape index (κ3) is 6.95. The number of rotatable bonds is 9. The minimum absolute atomic E-state index is 0.0606. The Morgan fingerprint density at radius 2 is 1.81 bits per heavy atom. The average molecular weight is 573 g/mol. The van der Waals surface area contributed by atoms with Gasteiger partial charge in [0.2, 0.25) is 0 Å². The SMILES string of the molecule is COc1c(OCC2CCNCC2)ccc2c(Oc3ccc(NC(=O)C(=O)NCc4cccc(C)c4)cc3F)ccnc12. The van der Waals surface area contributed by atoms with Crippen LogP contribution >= 0.6 is 0 Å². The molecule has 2 amide bonds. The quantitative estimate of drug-likeness (QED) is 0.239. The van der Waals surface area contributed by atoms with Crippen molar-refractivity contribution < 1.29 is 28.2 Å². The molecule has 1 aromatic heterocycles. The second-order valence-corrected chi connectivity index (χ2v) is 10.2. The van der Waals surface area contributed by atoms with Gasteiger partial charge in [-0.3, -0.25) is 14.6 Å². The van der Waals surface area contributed by atoms with E-state index < -0.39 is 17.6 Å². The van der Waals surface area contributed by atoms with Gasteiger partial charge in [-0.15, -0.1) is 0 Å². The topological polar surface area (TPSA) is 111 Å². The van der Waals surface area contributed by atoms with E-state index in [1.807, 2.05) is 31.2 Å². The molecule has 1 aliphatic rings. The highest BCUT2D eigenvalue weighted by molar-refractivity contribution is 6.39. The zero-order valence-corrected chi connectivity index (χ0v) is 23.5. The number of anilines is 1. The number of halogens is 1. The number of aromatic nitrogens is 1. The third-order valence-electron chi connectivity index (χ3n) is 7.08. The molecule has 3 N–H and O–H groups in total. The van der Waals surface area contributed by atoms with E-state index in [0.717, 1.165) is 43.1 Å². The predicted octanol–water partition coefficient (Wildman–Crippen LogP) is 5.12. The fraction of sp³-hybridized carbons (Fsp3) is 0.281. The lowest BCUT2D eigenvalue weighted by molar-refractivity contribution is -0.136. The number of nitrogens with zero attached hydrogens (tertiary/aromatic N) is 1. The van der Waals surface area contributed by atoms with Crippen molar-refractivity contribution in [3.63, 3.8) is 0 Å². The first-order chi connectivity index (χ1) is 20.4. The summed E-state index contributed by atoms with van der Waals surface area (Å²) in [6.45, 7) is 4.70. The van der Waals surface area contributed by atoms with Gasteiger partial charge in [0.05, 0.1) is 13.7 Å². The molecule has 4 aromatic rings. The summed E-state index contributed by atoms with van der Waals surface area (Å²) in [6, 6.07) is 16.8. The number of pyridine rings is 1. The van der Waals surface area contributed by atoms with Crippen LogP contribution in [0.15, 0.2) is 66.9 Å². The van der Waals surface area contributed by atoms with Gasteiger partial charge in [0.15, 0.2) is 23.1 Å². The number of benzene rings is 3. The second-order valence-electron chi connectivity index (χ2n) is 10.2. The molecule has 1 saturated heterocycles. The lowest BCUT2D eigenvalue weighted by atomic mass is 9.99. The molecule has 218 valence electrons.